The Morgan fingerprint density at radius 3 is 2.95 bits per heavy atom. The van der Waals surface area contributed by atoms with Gasteiger partial charge in [0.05, 0.1) is 5.56 Å². The number of nitrogens with zero attached hydrogens (tertiary/aromatic N) is 2. The summed E-state index contributed by atoms with van der Waals surface area (Å²) in [5, 5.41) is 10.3. The van der Waals surface area contributed by atoms with Crippen LogP contribution in [-0.2, 0) is 0 Å². The lowest BCUT2D eigenvalue weighted by Crippen LogP contribution is -2.06. The number of pyridine rings is 1. The average Bonchev–Trinajstić information content (AvgIpc) is 2.39. The van der Waals surface area contributed by atoms with Gasteiger partial charge in [-0.05, 0) is 39.2 Å². The van der Waals surface area contributed by atoms with Crippen molar-refractivity contribution in [3.05, 3.63) is 35.0 Å². The highest BCUT2D eigenvalue weighted by Crippen LogP contribution is 2.31. The zero-order chi connectivity index (χ0) is 13.8. The second kappa shape index (κ2) is 6.03. The molecule has 0 saturated carbocycles. The molecule has 1 heterocycles. The number of aryl methyl sites for hydroxylation is 1. The van der Waals surface area contributed by atoms with Gasteiger partial charge in [0.1, 0.15) is 11.1 Å². The standard InChI is InChI=1S/C15H16N2OS/c1-10-14(11(2)18)8-12(9-16)15(17-10)19-13-6-4-3-5-7-13/h4,6,8,13H,3,5,7H2,1-2H3/t13-/m0/s1. The molecule has 0 unspecified atom stereocenters. The fourth-order valence-electron chi connectivity index (χ4n) is 2.13. The number of nitriles is 1. The molecule has 0 amide bonds. The fourth-order valence-corrected chi connectivity index (χ4v) is 3.31. The molecule has 4 heteroatoms. The minimum absolute atomic E-state index is 0.0457. The third-order valence-electron chi connectivity index (χ3n) is 3.15. The van der Waals surface area contributed by atoms with Crippen LogP contribution in [0.2, 0.25) is 0 Å². The highest BCUT2D eigenvalue weighted by atomic mass is 32.2. The van der Waals surface area contributed by atoms with Gasteiger partial charge < -0.3 is 0 Å². The number of ketones is 1. The largest absolute Gasteiger partial charge is 0.294 e. The molecule has 1 aliphatic carbocycles. The Kier molecular flexibility index (Phi) is 4.39. The van der Waals surface area contributed by atoms with E-state index in [1.54, 1.807) is 17.8 Å². The van der Waals surface area contributed by atoms with Crippen LogP contribution in [0, 0.1) is 18.3 Å². The number of allylic oxidation sites excluding steroid dienone is 1. The van der Waals surface area contributed by atoms with Gasteiger partial charge in [0.2, 0.25) is 0 Å². The lowest BCUT2D eigenvalue weighted by Gasteiger charge is -2.16. The number of hydrogen-bond acceptors (Lipinski definition) is 4. The Bertz CT molecular complexity index is 572. The number of carbonyl (C=O) groups excluding carboxylic acids is 1. The SMILES string of the molecule is CC(=O)c1cc(C#N)c(S[C@H]2C=CCCC2)nc1C. The summed E-state index contributed by atoms with van der Waals surface area (Å²) in [4.78, 5) is 15.9. The van der Waals surface area contributed by atoms with E-state index in [4.69, 9.17) is 0 Å². The van der Waals surface area contributed by atoms with Crippen LogP contribution in [0.25, 0.3) is 0 Å². The Labute approximate surface area is 117 Å². The number of hydrogen-bond donors (Lipinski definition) is 0. The molecule has 0 aromatic carbocycles. The second-order valence-corrected chi connectivity index (χ2v) is 5.89. The smallest absolute Gasteiger partial charge is 0.161 e. The van der Waals surface area contributed by atoms with Crippen molar-refractivity contribution in [3.8, 4) is 6.07 Å². The lowest BCUT2D eigenvalue weighted by atomic mass is 10.1. The van der Waals surface area contributed by atoms with Crippen molar-refractivity contribution in [3.63, 3.8) is 0 Å². The van der Waals surface area contributed by atoms with Gasteiger partial charge in [-0.25, -0.2) is 4.98 Å². The normalized spacial score (nSPS) is 18.1. The molecule has 1 aliphatic rings. The number of aromatic nitrogens is 1. The van der Waals surface area contributed by atoms with Gasteiger partial charge >= 0.3 is 0 Å². The van der Waals surface area contributed by atoms with E-state index in [0.717, 1.165) is 17.9 Å². The van der Waals surface area contributed by atoms with Crippen LogP contribution < -0.4 is 0 Å². The van der Waals surface area contributed by atoms with E-state index in [1.165, 1.54) is 13.3 Å². The molecular formula is C15H16N2OS. The lowest BCUT2D eigenvalue weighted by molar-refractivity contribution is 0.101. The molecule has 2 rings (SSSR count). The first-order valence-corrected chi connectivity index (χ1v) is 7.25. The topological polar surface area (TPSA) is 53.8 Å². The van der Waals surface area contributed by atoms with E-state index in [2.05, 4.69) is 23.2 Å². The first kappa shape index (κ1) is 13.8. The van der Waals surface area contributed by atoms with Crippen molar-refractivity contribution >= 4 is 17.5 Å². The van der Waals surface area contributed by atoms with E-state index in [1.807, 2.05) is 6.92 Å². The summed E-state index contributed by atoms with van der Waals surface area (Å²) in [5.41, 5.74) is 1.74. The van der Waals surface area contributed by atoms with Crippen molar-refractivity contribution in [2.75, 3.05) is 0 Å². The number of Topliss-reactive ketones (excluding diaryl/α,β-unsaturated/α-hetero) is 1. The first-order valence-electron chi connectivity index (χ1n) is 6.38. The predicted molar refractivity (Wildman–Crippen MR) is 76.3 cm³/mol. The van der Waals surface area contributed by atoms with Gasteiger partial charge in [0, 0.05) is 16.5 Å². The van der Waals surface area contributed by atoms with Crippen LogP contribution in [0.4, 0.5) is 0 Å². The number of rotatable bonds is 3. The van der Waals surface area contributed by atoms with Crippen molar-refractivity contribution in [2.24, 2.45) is 0 Å². The number of thioether (sulfide) groups is 1. The zero-order valence-corrected chi connectivity index (χ0v) is 12.0. The van der Waals surface area contributed by atoms with Crippen LogP contribution in [0.5, 0.6) is 0 Å². The summed E-state index contributed by atoms with van der Waals surface area (Å²) in [7, 11) is 0. The predicted octanol–water partition coefficient (Wildman–Crippen LogP) is 3.67. The van der Waals surface area contributed by atoms with Gasteiger partial charge in [-0.2, -0.15) is 5.26 Å². The van der Waals surface area contributed by atoms with Crippen molar-refractivity contribution in [2.45, 2.75) is 43.4 Å². The molecular weight excluding hydrogens is 256 g/mol. The molecule has 0 N–H and O–H groups in total. The molecule has 0 saturated heterocycles. The summed E-state index contributed by atoms with van der Waals surface area (Å²) >= 11 is 1.62. The molecule has 0 radical (unpaired) electrons. The molecule has 19 heavy (non-hydrogen) atoms. The average molecular weight is 272 g/mol. The van der Waals surface area contributed by atoms with E-state index in [-0.39, 0.29) is 5.78 Å². The van der Waals surface area contributed by atoms with Gasteiger partial charge in [-0.1, -0.05) is 23.9 Å². The molecule has 98 valence electrons. The van der Waals surface area contributed by atoms with Crippen molar-refractivity contribution in [1.82, 2.24) is 4.98 Å². The monoisotopic (exact) mass is 272 g/mol. The van der Waals surface area contributed by atoms with Gasteiger partial charge in [-0.3, -0.25) is 4.79 Å². The van der Waals surface area contributed by atoms with Crippen LogP contribution >= 0.6 is 11.8 Å². The van der Waals surface area contributed by atoms with E-state index in [0.29, 0.717) is 22.1 Å². The van der Waals surface area contributed by atoms with Crippen LogP contribution in [0.15, 0.2) is 23.2 Å². The molecule has 1 aromatic heterocycles. The Balaban J connectivity index is 2.32. The quantitative estimate of drug-likeness (QED) is 0.622. The third kappa shape index (κ3) is 3.24. The molecule has 1 atom stereocenters. The first-order chi connectivity index (χ1) is 9.11. The Morgan fingerprint density at radius 1 is 1.58 bits per heavy atom. The van der Waals surface area contributed by atoms with Gasteiger partial charge in [-0.15, -0.1) is 0 Å². The molecule has 0 bridgehead atoms. The minimum Gasteiger partial charge on any atom is -0.294 e. The van der Waals surface area contributed by atoms with Crippen molar-refractivity contribution in [1.29, 1.82) is 5.26 Å². The van der Waals surface area contributed by atoms with E-state index in [9.17, 15) is 10.1 Å². The third-order valence-corrected chi connectivity index (χ3v) is 4.38. The van der Waals surface area contributed by atoms with Gasteiger partial charge in [0.25, 0.3) is 0 Å². The second-order valence-electron chi connectivity index (χ2n) is 4.66. The highest BCUT2D eigenvalue weighted by Gasteiger charge is 2.16. The molecule has 0 spiro atoms. The molecule has 1 aromatic rings. The van der Waals surface area contributed by atoms with E-state index >= 15 is 0 Å². The maximum absolute atomic E-state index is 11.5. The number of carbonyl (C=O) groups is 1. The maximum Gasteiger partial charge on any atom is 0.161 e. The fraction of sp³-hybridized carbons (Fsp3) is 0.400. The minimum atomic E-state index is -0.0457. The summed E-state index contributed by atoms with van der Waals surface area (Å²) in [6, 6.07) is 3.81. The van der Waals surface area contributed by atoms with Crippen LogP contribution in [0.1, 0.15) is 47.8 Å². The zero-order valence-electron chi connectivity index (χ0n) is 11.1. The summed E-state index contributed by atoms with van der Waals surface area (Å²) in [5.74, 6) is -0.0457. The maximum atomic E-state index is 11.5. The molecule has 0 fully saturated rings. The van der Waals surface area contributed by atoms with Gasteiger partial charge in [0.15, 0.2) is 5.78 Å². The molecule has 0 aliphatic heterocycles. The Hall–Kier alpha value is -1.60. The Morgan fingerprint density at radius 2 is 2.37 bits per heavy atom. The molecule has 3 nitrogen and oxygen atoms in total. The van der Waals surface area contributed by atoms with Crippen molar-refractivity contribution < 1.29 is 4.79 Å². The summed E-state index contributed by atoms with van der Waals surface area (Å²) in [6.07, 6.45) is 7.80. The summed E-state index contributed by atoms with van der Waals surface area (Å²) < 4.78 is 0. The van der Waals surface area contributed by atoms with Crippen LogP contribution in [-0.4, -0.2) is 16.0 Å². The highest BCUT2D eigenvalue weighted by molar-refractivity contribution is 8.00. The summed E-state index contributed by atoms with van der Waals surface area (Å²) in [6.45, 7) is 3.32. The van der Waals surface area contributed by atoms with E-state index < -0.39 is 0 Å². The van der Waals surface area contributed by atoms with Crippen LogP contribution in [0.3, 0.4) is 0 Å².